The predicted molar refractivity (Wildman–Crippen MR) is 80.9 cm³/mol. The molecule has 1 rings (SSSR count). The van der Waals surface area contributed by atoms with Gasteiger partial charge in [-0.05, 0) is 42.5 Å². The minimum atomic E-state index is 0.129. The van der Waals surface area contributed by atoms with Crippen LogP contribution in [-0.2, 0) is 13.2 Å². The summed E-state index contributed by atoms with van der Waals surface area (Å²) in [6.45, 7) is 2.15. The molecule has 0 aromatic heterocycles. The Morgan fingerprint density at radius 1 is 1.00 bits per heavy atom. The Morgan fingerprint density at radius 2 is 1.67 bits per heavy atom. The fourth-order valence-electron chi connectivity index (χ4n) is 1.85. The maximum Gasteiger partial charge on any atom is 0.0681 e. The number of aliphatic hydroxyl groups is 1. The van der Waals surface area contributed by atoms with Crippen LogP contribution < -0.4 is 5.32 Å². The maximum absolute atomic E-state index is 8.95. The summed E-state index contributed by atoms with van der Waals surface area (Å²) in [5.74, 6) is 1.30. The molecule has 0 aliphatic heterocycles. The van der Waals surface area contributed by atoms with Gasteiger partial charge in [0.15, 0.2) is 0 Å². The van der Waals surface area contributed by atoms with Gasteiger partial charge in [0.05, 0.1) is 6.61 Å². The van der Waals surface area contributed by atoms with Gasteiger partial charge < -0.3 is 10.4 Å². The van der Waals surface area contributed by atoms with Crippen LogP contribution in [0.15, 0.2) is 24.3 Å². The van der Waals surface area contributed by atoms with Crippen molar-refractivity contribution in [3.05, 3.63) is 35.4 Å². The van der Waals surface area contributed by atoms with Crippen molar-refractivity contribution in [2.75, 3.05) is 18.6 Å². The number of unbranched alkanes of at least 4 members (excludes halogenated alkanes) is 3. The van der Waals surface area contributed by atoms with Gasteiger partial charge in [-0.2, -0.15) is 11.8 Å². The van der Waals surface area contributed by atoms with E-state index in [1.54, 1.807) is 0 Å². The number of hydrogen-bond donors (Lipinski definition) is 2. The van der Waals surface area contributed by atoms with Gasteiger partial charge in [-0.3, -0.25) is 0 Å². The largest absolute Gasteiger partial charge is 0.392 e. The number of hydrogen-bond acceptors (Lipinski definition) is 3. The molecule has 0 bridgehead atoms. The van der Waals surface area contributed by atoms with Crippen LogP contribution in [0, 0.1) is 0 Å². The molecule has 1 aromatic carbocycles. The zero-order valence-electron chi connectivity index (χ0n) is 11.3. The highest BCUT2D eigenvalue weighted by molar-refractivity contribution is 7.98. The third-order valence-electron chi connectivity index (χ3n) is 2.99. The van der Waals surface area contributed by atoms with Crippen LogP contribution in [-0.4, -0.2) is 23.7 Å². The van der Waals surface area contributed by atoms with Crippen molar-refractivity contribution in [3.8, 4) is 0 Å². The lowest BCUT2D eigenvalue weighted by Gasteiger charge is -2.05. The van der Waals surface area contributed by atoms with Crippen LogP contribution >= 0.6 is 11.8 Å². The van der Waals surface area contributed by atoms with E-state index in [1.807, 2.05) is 23.9 Å². The lowest BCUT2D eigenvalue weighted by Crippen LogP contribution is -2.14. The van der Waals surface area contributed by atoms with Gasteiger partial charge >= 0.3 is 0 Å². The highest BCUT2D eigenvalue weighted by Crippen LogP contribution is 2.05. The first kappa shape index (κ1) is 15.5. The minimum absolute atomic E-state index is 0.129. The fraction of sp³-hybridized carbons (Fsp3) is 0.600. The minimum Gasteiger partial charge on any atom is -0.392 e. The second kappa shape index (κ2) is 10.4. The molecular weight excluding hydrogens is 242 g/mol. The molecule has 2 N–H and O–H groups in total. The molecule has 18 heavy (non-hydrogen) atoms. The summed E-state index contributed by atoms with van der Waals surface area (Å²) in [7, 11) is 0. The second-order valence-electron chi connectivity index (χ2n) is 4.56. The molecule has 0 aliphatic rings. The van der Waals surface area contributed by atoms with Crippen LogP contribution in [0.1, 0.15) is 36.8 Å². The zero-order chi connectivity index (χ0) is 13.1. The topological polar surface area (TPSA) is 32.3 Å². The van der Waals surface area contributed by atoms with E-state index in [0.29, 0.717) is 0 Å². The molecule has 0 amide bonds. The Bertz CT molecular complexity index is 300. The van der Waals surface area contributed by atoms with Gasteiger partial charge in [-0.25, -0.2) is 0 Å². The molecule has 0 fully saturated rings. The molecule has 0 heterocycles. The van der Waals surface area contributed by atoms with Crippen LogP contribution in [0.5, 0.6) is 0 Å². The number of aliphatic hydroxyl groups excluding tert-OH is 1. The first-order valence-corrected chi connectivity index (χ1v) is 8.14. The molecule has 0 saturated carbocycles. The molecule has 0 unspecified atom stereocenters. The third-order valence-corrected chi connectivity index (χ3v) is 3.68. The van der Waals surface area contributed by atoms with E-state index in [4.69, 9.17) is 5.11 Å². The Balaban J connectivity index is 2.00. The SMILES string of the molecule is CSCCCCCCNCc1ccc(CO)cc1. The lowest BCUT2D eigenvalue weighted by molar-refractivity contribution is 0.282. The second-order valence-corrected chi connectivity index (χ2v) is 5.54. The van der Waals surface area contributed by atoms with Crippen LogP contribution in [0.3, 0.4) is 0 Å². The van der Waals surface area contributed by atoms with Crippen molar-refractivity contribution in [2.45, 2.75) is 38.8 Å². The third kappa shape index (κ3) is 7.04. The smallest absolute Gasteiger partial charge is 0.0681 e. The Kier molecular flexibility index (Phi) is 9.00. The Labute approximate surface area is 115 Å². The average molecular weight is 267 g/mol. The highest BCUT2D eigenvalue weighted by atomic mass is 32.2. The summed E-state index contributed by atoms with van der Waals surface area (Å²) in [6, 6.07) is 8.13. The molecule has 0 aliphatic carbocycles. The molecule has 3 heteroatoms. The van der Waals surface area contributed by atoms with Crippen LogP contribution in [0.4, 0.5) is 0 Å². The zero-order valence-corrected chi connectivity index (χ0v) is 12.1. The predicted octanol–water partition coefficient (Wildman–Crippen LogP) is 3.19. The van der Waals surface area contributed by atoms with E-state index in [-0.39, 0.29) is 6.61 Å². The molecule has 0 saturated heterocycles. The van der Waals surface area contributed by atoms with Crippen molar-refractivity contribution in [1.82, 2.24) is 5.32 Å². The van der Waals surface area contributed by atoms with E-state index in [1.165, 1.54) is 37.0 Å². The number of benzene rings is 1. The summed E-state index contributed by atoms with van der Waals surface area (Å²) in [5.41, 5.74) is 2.27. The van der Waals surface area contributed by atoms with Gasteiger partial charge in [0.25, 0.3) is 0 Å². The maximum atomic E-state index is 8.95. The molecule has 0 radical (unpaired) electrons. The van der Waals surface area contributed by atoms with Gasteiger partial charge in [-0.1, -0.05) is 37.1 Å². The van der Waals surface area contributed by atoms with Crippen molar-refractivity contribution in [3.63, 3.8) is 0 Å². The molecule has 1 aromatic rings. The fourth-order valence-corrected chi connectivity index (χ4v) is 2.34. The van der Waals surface area contributed by atoms with Gasteiger partial charge in [0.1, 0.15) is 0 Å². The molecule has 102 valence electrons. The van der Waals surface area contributed by atoms with Crippen LogP contribution in [0.2, 0.25) is 0 Å². The molecule has 0 atom stereocenters. The van der Waals surface area contributed by atoms with Gasteiger partial charge in [-0.15, -0.1) is 0 Å². The summed E-state index contributed by atoms with van der Waals surface area (Å²) < 4.78 is 0. The summed E-state index contributed by atoms with van der Waals surface area (Å²) in [6.07, 6.45) is 7.47. The standard InChI is InChI=1S/C15H25NOS/c1-18-11-5-3-2-4-10-16-12-14-6-8-15(13-17)9-7-14/h6-9,16-17H,2-5,10-13H2,1H3. The van der Waals surface area contributed by atoms with E-state index in [2.05, 4.69) is 23.7 Å². The molecule has 2 nitrogen and oxygen atoms in total. The summed E-state index contributed by atoms with van der Waals surface area (Å²) >= 11 is 1.94. The van der Waals surface area contributed by atoms with E-state index in [0.717, 1.165) is 18.7 Å². The molecular formula is C15H25NOS. The van der Waals surface area contributed by atoms with Crippen molar-refractivity contribution >= 4 is 11.8 Å². The number of thioether (sulfide) groups is 1. The van der Waals surface area contributed by atoms with Crippen molar-refractivity contribution < 1.29 is 5.11 Å². The summed E-state index contributed by atoms with van der Waals surface area (Å²) in [4.78, 5) is 0. The van der Waals surface area contributed by atoms with Crippen LogP contribution in [0.25, 0.3) is 0 Å². The monoisotopic (exact) mass is 267 g/mol. The van der Waals surface area contributed by atoms with E-state index >= 15 is 0 Å². The van der Waals surface area contributed by atoms with E-state index in [9.17, 15) is 0 Å². The normalized spacial score (nSPS) is 10.8. The first-order chi connectivity index (χ1) is 8.86. The molecule has 0 spiro atoms. The van der Waals surface area contributed by atoms with Crippen molar-refractivity contribution in [2.24, 2.45) is 0 Å². The lowest BCUT2D eigenvalue weighted by atomic mass is 10.1. The average Bonchev–Trinajstić information content (AvgIpc) is 2.42. The quantitative estimate of drug-likeness (QED) is 0.639. The Morgan fingerprint density at radius 3 is 2.33 bits per heavy atom. The number of nitrogens with one attached hydrogen (secondary N) is 1. The van der Waals surface area contributed by atoms with E-state index < -0.39 is 0 Å². The number of rotatable bonds is 10. The van der Waals surface area contributed by atoms with Gasteiger partial charge in [0.2, 0.25) is 0 Å². The first-order valence-electron chi connectivity index (χ1n) is 6.75. The Hall–Kier alpha value is -0.510. The van der Waals surface area contributed by atoms with Crippen molar-refractivity contribution in [1.29, 1.82) is 0 Å². The summed E-state index contributed by atoms with van der Waals surface area (Å²) in [5, 5.41) is 12.4. The highest BCUT2D eigenvalue weighted by Gasteiger charge is 1.94. The van der Waals surface area contributed by atoms with Gasteiger partial charge in [0, 0.05) is 6.54 Å².